The highest BCUT2D eigenvalue weighted by atomic mass is 14.9. The van der Waals surface area contributed by atoms with Gasteiger partial charge in [-0.2, -0.15) is 0 Å². The minimum atomic E-state index is -0.208. The van der Waals surface area contributed by atoms with E-state index >= 15 is 0 Å². The molecule has 1 nitrogen and oxygen atoms in total. The molecule has 1 aliphatic carbocycles. The van der Waals surface area contributed by atoms with Crippen molar-refractivity contribution in [3.05, 3.63) is 266 Å². The molecule has 0 aliphatic heterocycles. The highest BCUT2D eigenvalue weighted by Gasteiger charge is 2.39. The van der Waals surface area contributed by atoms with Gasteiger partial charge < -0.3 is 4.57 Å². The fourth-order valence-electron chi connectivity index (χ4n) is 11.7. The molecule has 1 heterocycles. The first-order chi connectivity index (χ1) is 34.9. The SMILES string of the molecule is Cn1c2c(-c3cccc(-c4cc(-c5ccccc5)cc(-c5ccccc5)c4)c3)cccc2c2c3c(cc(-c4cccc(-c5cc(-c6ccccc6)cc(-c6ccccc6)c5)c4)c21)-c1ccccc1C3(C)C. The number of fused-ring (bicyclic) bond motifs is 7. The van der Waals surface area contributed by atoms with Gasteiger partial charge in [-0.1, -0.05) is 214 Å². The van der Waals surface area contributed by atoms with Crippen LogP contribution in [0, 0.1) is 0 Å². The average Bonchev–Trinajstić information content (AvgIpc) is 3.87. The molecule has 0 bridgehead atoms. The molecule has 71 heavy (non-hydrogen) atoms. The Bertz CT molecular complexity index is 3870. The predicted octanol–water partition coefficient (Wildman–Crippen LogP) is 19.0. The van der Waals surface area contributed by atoms with E-state index in [1.165, 1.54) is 133 Å². The minimum Gasteiger partial charge on any atom is -0.343 e. The molecule has 1 aliphatic rings. The van der Waals surface area contributed by atoms with E-state index in [0.717, 1.165) is 0 Å². The smallest absolute Gasteiger partial charge is 0.0572 e. The Morgan fingerprint density at radius 3 is 1.10 bits per heavy atom. The third-order valence-electron chi connectivity index (χ3n) is 15.1. The number of hydrogen-bond donors (Lipinski definition) is 0. The highest BCUT2D eigenvalue weighted by Crippen LogP contribution is 2.55. The fraction of sp³-hybridized carbons (Fsp3) is 0.0571. The Labute approximate surface area is 416 Å². The van der Waals surface area contributed by atoms with Crippen LogP contribution >= 0.6 is 0 Å². The molecule has 11 aromatic carbocycles. The van der Waals surface area contributed by atoms with Gasteiger partial charge in [0.1, 0.15) is 0 Å². The van der Waals surface area contributed by atoms with Crippen LogP contribution in [0.1, 0.15) is 25.0 Å². The lowest BCUT2D eigenvalue weighted by atomic mass is 9.79. The Morgan fingerprint density at radius 2 is 0.620 bits per heavy atom. The summed E-state index contributed by atoms with van der Waals surface area (Å²) in [7, 11) is 2.29. The zero-order valence-corrected chi connectivity index (χ0v) is 40.2. The number of hydrogen-bond acceptors (Lipinski definition) is 0. The van der Waals surface area contributed by atoms with Gasteiger partial charge >= 0.3 is 0 Å². The summed E-state index contributed by atoms with van der Waals surface area (Å²) in [6.45, 7) is 4.84. The quantitative estimate of drug-likeness (QED) is 0.143. The largest absolute Gasteiger partial charge is 0.343 e. The van der Waals surface area contributed by atoms with Crippen molar-refractivity contribution in [2.24, 2.45) is 7.05 Å². The molecule has 0 saturated heterocycles. The molecular weight excluding hydrogens is 855 g/mol. The van der Waals surface area contributed by atoms with Gasteiger partial charge in [0.25, 0.3) is 0 Å². The first-order valence-electron chi connectivity index (χ1n) is 24.8. The van der Waals surface area contributed by atoms with Gasteiger partial charge in [0.05, 0.1) is 11.0 Å². The molecule has 0 N–H and O–H groups in total. The Morgan fingerprint density at radius 1 is 0.268 bits per heavy atom. The van der Waals surface area contributed by atoms with Gasteiger partial charge in [-0.05, 0) is 155 Å². The standard InChI is InChI=1S/C70H51N/c1-70(2)65-36-17-16-33-61(65)64-45-63(53-32-19-30-51(38-53)59-43-56(48-25-12-6-13-26-48)40-57(44-59)49-27-14-7-15-28-49)69-66(67(64)70)62-35-20-34-60(68(62)71(69)3)52-31-18-29-50(37-52)58-41-54(46-21-8-4-9-22-46)39-55(42-58)47-23-10-5-11-24-47/h4-45H,1-3H3. The van der Waals surface area contributed by atoms with Crippen molar-refractivity contribution in [3.8, 4) is 100 Å². The van der Waals surface area contributed by atoms with Crippen molar-refractivity contribution in [1.29, 1.82) is 0 Å². The molecule has 0 saturated carbocycles. The summed E-state index contributed by atoms with van der Waals surface area (Å²) in [6.07, 6.45) is 0. The van der Waals surface area contributed by atoms with Crippen LogP contribution in [0.5, 0.6) is 0 Å². The van der Waals surface area contributed by atoms with Crippen molar-refractivity contribution in [1.82, 2.24) is 4.57 Å². The van der Waals surface area contributed by atoms with Gasteiger partial charge in [-0.15, -0.1) is 0 Å². The molecule has 12 aromatic rings. The first-order valence-corrected chi connectivity index (χ1v) is 24.8. The Hall–Kier alpha value is -8.78. The maximum Gasteiger partial charge on any atom is 0.0572 e. The van der Waals surface area contributed by atoms with Crippen molar-refractivity contribution in [2.45, 2.75) is 19.3 Å². The summed E-state index contributed by atoms with van der Waals surface area (Å²) >= 11 is 0. The summed E-state index contributed by atoms with van der Waals surface area (Å²) in [5.74, 6) is 0. The zero-order valence-electron chi connectivity index (χ0n) is 40.2. The van der Waals surface area contributed by atoms with Crippen molar-refractivity contribution >= 4 is 21.8 Å². The van der Waals surface area contributed by atoms with E-state index in [9.17, 15) is 0 Å². The minimum absolute atomic E-state index is 0.208. The summed E-state index contributed by atoms with van der Waals surface area (Å²) in [5, 5.41) is 2.61. The van der Waals surface area contributed by atoms with Crippen LogP contribution in [0.4, 0.5) is 0 Å². The fourth-order valence-corrected chi connectivity index (χ4v) is 11.7. The van der Waals surface area contributed by atoms with Crippen LogP contribution in [0.2, 0.25) is 0 Å². The summed E-state index contributed by atoms with van der Waals surface area (Å²) in [4.78, 5) is 0. The van der Waals surface area contributed by atoms with Crippen LogP contribution in [-0.2, 0) is 12.5 Å². The van der Waals surface area contributed by atoms with Gasteiger partial charge in [0.2, 0.25) is 0 Å². The second-order valence-corrected chi connectivity index (χ2v) is 19.7. The summed E-state index contributed by atoms with van der Waals surface area (Å²) in [6, 6.07) is 94.0. The van der Waals surface area contributed by atoms with Crippen LogP contribution in [0.15, 0.2) is 255 Å². The van der Waals surface area contributed by atoms with Crippen LogP contribution in [0.25, 0.3) is 122 Å². The van der Waals surface area contributed by atoms with Crippen LogP contribution < -0.4 is 0 Å². The lowest BCUT2D eigenvalue weighted by Gasteiger charge is -2.23. The van der Waals surface area contributed by atoms with E-state index < -0.39 is 0 Å². The number of para-hydroxylation sites is 1. The third-order valence-corrected chi connectivity index (χ3v) is 15.1. The number of aromatic nitrogens is 1. The predicted molar refractivity (Wildman–Crippen MR) is 301 cm³/mol. The number of rotatable bonds is 8. The van der Waals surface area contributed by atoms with Gasteiger partial charge in [0, 0.05) is 34.4 Å². The second kappa shape index (κ2) is 17.0. The van der Waals surface area contributed by atoms with E-state index in [1.807, 2.05) is 0 Å². The highest BCUT2D eigenvalue weighted by molar-refractivity contribution is 6.20. The third kappa shape index (κ3) is 7.24. The van der Waals surface area contributed by atoms with E-state index in [-0.39, 0.29) is 5.41 Å². The van der Waals surface area contributed by atoms with Crippen molar-refractivity contribution < 1.29 is 0 Å². The molecule has 1 heteroatoms. The van der Waals surface area contributed by atoms with E-state index in [0.29, 0.717) is 0 Å². The first kappa shape index (κ1) is 42.3. The molecule has 0 atom stereocenters. The maximum absolute atomic E-state index is 2.50. The maximum atomic E-state index is 2.50. The summed E-state index contributed by atoms with van der Waals surface area (Å²) < 4.78 is 2.50. The van der Waals surface area contributed by atoms with Gasteiger partial charge in [0.15, 0.2) is 0 Å². The van der Waals surface area contributed by atoms with E-state index in [4.69, 9.17) is 0 Å². The number of nitrogens with zero attached hydrogens (tertiary/aromatic N) is 1. The van der Waals surface area contributed by atoms with Crippen LogP contribution in [-0.4, -0.2) is 4.57 Å². The lowest BCUT2D eigenvalue weighted by molar-refractivity contribution is 0.666. The normalized spacial score (nSPS) is 12.5. The lowest BCUT2D eigenvalue weighted by Crippen LogP contribution is -2.15. The Balaban J connectivity index is 1.02. The second-order valence-electron chi connectivity index (χ2n) is 19.7. The topological polar surface area (TPSA) is 4.93 Å². The summed E-state index contributed by atoms with van der Waals surface area (Å²) in [5.41, 5.74) is 27.0. The zero-order chi connectivity index (χ0) is 47.6. The number of benzene rings is 11. The monoisotopic (exact) mass is 905 g/mol. The van der Waals surface area contributed by atoms with E-state index in [1.54, 1.807) is 0 Å². The molecule has 336 valence electrons. The molecule has 0 radical (unpaired) electrons. The number of aryl methyl sites for hydroxylation is 1. The van der Waals surface area contributed by atoms with E-state index in [2.05, 4.69) is 280 Å². The van der Waals surface area contributed by atoms with Crippen LogP contribution in [0.3, 0.4) is 0 Å². The molecule has 0 amide bonds. The molecule has 1 aromatic heterocycles. The van der Waals surface area contributed by atoms with Crippen molar-refractivity contribution in [3.63, 3.8) is 0 Å². The molecule has 13 rings (SSSR count). The van der Waals surface area contributed by atoms with Crippen molar-refractivity contribution in [2.75, 3.05) is 0 Å². The van der Waals surface area contributed by atoms with Gasteiger partial charge in [-0.25, -0.2) is 0 Å². The Kier molecular flexibility index (Phi) is 10.1. The molecule has 0 fully saturated rings. The molecule has 0 unspecified atom stereocenters. The molecular formula is C70H51N. The average molecular weight is 906 g/mol. The molecule has 0 spiro atoms. The van der Waals surface area contributed by atoms with Gasteiger partial charge in [-0.3, -0.25) is 0 Å².